The molecule has 18 heavy (non-hydrogen) atoms. The van der Waals surface area contributed by atoms with Crippen LogP contribution in [0.1, 0.15) is 11.1 Å². The van der Waals surface area contributed by atoms with E-state index in [-0.39, 0.29) is 0 Å². The van der Waals surface area contributed by atoms with E-state index >= 15 is 0 Å². The molecule has 0 fully saturated rings. The van der Waals surface area contributed by atoms with Gasteiger partial charge in [0, 0.05) is 14.5 Å². The Morgan fingerprint density at radius 3 is 2.22 bits per heavy atom. The smallest absolute Gasteiger partial charge is 0.0390 e. The molecule has 2 aromatic carbocycles. The molecule has 0 amide bonds. The first-order chi connectivity index (χ1) is 8.77. The minimum absolute atomic E-state index is 0.995. The molecule has 0 saturated carbocycles. The standard InChI is InChI=1S/C16H10Br2/c17-15-11-5-3-9-13(15)7-1-2-8-14-10-4-6-12-16(14)18/h1,3-7,9-12H/b7-1-. The Bertz CT molecular complexity index is 631. The minimum atomic E-state index is 0.995. The van der Waals surface area contributed by atoms with E-state index in [1.165, 1.54) is 0 Å². The van der Waals surface area contributed by atoms with Crippen molar-refractivity contribution in [1.82, 2.24) is 0 Å². The van der Waals surface area contributed by atoms with Crippen molar-refractivity contribution in [2.75, 3.05) is 0 Å². The van der Waals surface area contributed by atoms with Gasteiger partial charge in [0.15, 0.2) is 0 Å². The highest BCUT2D eigenvalue weighted by molar-refractivity contribution is 9.10. The van der Waals surface area contributed by atoms with Crippen LogP contribution in [0, 0.1) is 11.8 Å². The molecule has 2 heteroatoms. The van der Waals surface area contributed by atoms with Crippen molar-refractivity contribution in [2.45, 2.75) is 0 Å². The van der Waals surface area contributed by atoms with Crippen molar-refractivity contribution in [1.29, 1.82) is 0 Å². The lowest BCUT2D eigenvalue weighted by Crippen LogP contribution is -1.75. The number of benzene rings is 2. The molecule has 0 nitrogen and oxygen atoms in total. The van der Waals surface area contributed by atoms with Gasteiger partial charge in [0.05, 0.1) is 0 Å². The van der Waals surface area contributed by atoms with Crippen LogP contribution in [0.3, 0.4) is 0 Å². The van der Waals surface area contributed by atoms with Crippen LogP contribution in [0.25, 0.3) is 6.08 Å². The highest BCUT2D eigenvalue weighted by atomic mass is 79.9. The zero-order chi connectivity index (χ0) is 12.8. The molecular formula is C16H10Br2. The first-order valence-electron chi connectivity index (χ1n) is 5.44. The van der Waals surface area contributed by atoms with E-state index in [0.29, 0.717) is 0 Å². The third-order valence-corrected chi connectivity index (χ3v) is 3.75. The Labute approximate surface area is 124 Å². The van der Waals surface area contributed by atoms with Crippen LogP contribution in [-0.2, 0) is 0 Å². The topological polar surface area (TPSA) is 0 Å². The number of allylic oxidation sites excluding steroid dienone is 1. The van der Waals surface area contributed by atoms with Gasteiger partial charge in [-0.05, 0) is 51.8 Å². The van der Waals surface area contributed by atoms with Crippen LogP contribution in [0.4, 0.5) is 0 Å². The molecule has 0 aromatic heterocycles. The van der Waals surface area contributed by atoms with E-state index in [4.69, 9.17) is 0 Å². The molecule has 2 aromatic rings. The Morgan fingerprint density at radius 1 is 0.833 bits per heavy atom. The molecule has 0 radical (unpaired) electrons. The number of rotatable bonds is 1. The van der Waals surface area contributed by atoms with Crippen LogP contribution in [-0.4, -0.2) is 0 Å². The summed E-state index contributed by atoms with van der Waals surface area (Å²) in [6.07, 6.45) is 3.85. The zero-order valence-corrected chi connectivity index (χ0v) is 12.7. The van der Waals surface area contributed by atoms with Crippen LogP contribution >= 0.6 is 31.9 Å². The van der Waals surface area contributed by atoms with Crippen molar-refractivity contribution in [3.8, 4) is 11.8 Å². The third kappa shape index (κ3) is 3.60. The summed E-state index contributed by atoms with van der Waals surface area (Å²) in [5.41, 5.74) is 2.12. The van der Waals surface area contributed by atoms with E-state index in [1.54, 1.807) is 0 Å². The maximum Gasteiger partial charge on any atom is 0.0390 e. The van der Waals surface area contributed by atoms with Crippen LogP contribution < -0.4 is 0 Å². The van der Waals surface area contributed by atoms with Gasteiger partial charge in [-0.3, -0.25) is 0 Å². The molecule has 0 bridgehead atoms. The highest BCUT2D eigenvalue weighted by Gasteiger charge is 1.92. The Kier molecular flexibility index (Phi) is 4.81. The quantitative estimate of drug-likeness (QED) is 0.606. The lowest BCUT2D eigenvalue weighted by atomic mass is 10.2. The lowest BCUT2D eigenvalue weighted by Gasteiger charge is -1.94. The molecule has 0 unspecified atom stereocenters. The molecule has 0 aliphatic carbocycles. The fourth-order valence-corrected chi connectivity index (χ4v) is 2.22. The molecule has 0 spiro atoms. The summed E-state index contributed by atoms with van der Waals surface area (Å²) in [6.45, 7) is 0. The second-order valence-corrected chi connectivity index (χ2v) is 5.31. The van der Waals surface area contributed by atoms with E-state index in [0.717, 1.165) is 20.1 Å². The van der Waals surface area contributed by atoms with Crippen LogP contribution in [0.15, 0.2) is 63.6 Å². The van der Waals surface area contributed by atoms with Gasteiger partial charge in [-0.2, -0.15) is 0 Å². The van der Waals surface area contributed by atoms with Gasteiger partial charge in [-0.15, -0.1) is 0 Å². The van der Waals surface area contributed by atoms with Crippen LogP contribution in [0.5, 0.6) is 0 Å². The number of halogens is 2. The molecule has 0 aliphatic heterocycles. The average Bonchev–Trinajstić information content (AvgIpc) is 2.38. The molecule has 0 heterocycles. The summed E-state index contributed by atoms with van der Waals surface area (Å²) < 4.78 is 2.09. The molecule has 88 valence electrons. The zero-order valence-electron chi connectivity index (χ0n) is 9.53. The third-order valence-electron chi connectivity index (χ3n) is 2.33. The molecule has 0 N–H and O–H groups in total. The largest absolute Gasteiger partial charge is 0.0696 e. The van der Waals surface area contributed by atoms with Crippen molar-refractivity contribution in [3.05, 3.63) is 74.7 Å². The first kappa shape index (κ1) is 13.1. The summed E-state index contributed by atoms with van der Waals surface area (Å²) in [6, 6.07) is 16.0. The second kappa shape index (κ2) is 6.58. The molecule has 0 saturated heterocycles. The predicted octanol–water partition coefficient (Wildman–Crippen LogP) is 5.28. The predicted molar refractivity (Wildman–Crippen MR) is 84.2 cm³/mol. The van der Waals surface area contributed by atoms with Gasteiger partial charge >= 0.3 is 0 Å². The van der Waals surface area contributed by atoms with Gasteiger partial charge < -0.3 is 0 Å². The van der Waals surface area contributed by atoms with E-state index in [1.807, 2.05) is 60.7 Å². The maximum absolute atomic E-state index is 3.50. The first-order valence-corrected chi connectivity index (χ1v) is 7.03. The van der Waals surface area contributed by atoms with Gasteiger partial charge in [-0.25, -0.2) is 0 Å². The van der Waals surface area contributed by atoms with E-state index < -0.39 is 0 Å². The minimum Gasteiger partial charge on any atom is -0.0696 e. The van der Waals surface area contributed by atoms with Gasteiger partial charge in [-0.1, -0.05) is 58.1 Å². The van der Waals surface area contributed by atoms with E-state index in [9.17, 15) is 0 Å². The van der Waals surface area contributed by atoms with Crippen molar-refractivity contribution < 1.29 is 0 Å². The Morgan fingerprint density at radius 2 is 1.50 bits per heavy atom. The number of hydrogen-bond donors (Lipinski definition) is 0. The second-order valence-electron chi connectivity index (χ2n) is 3.60. The lowest BCUT2D eigenvalue weighted by molar-refractivity contribution is 1.59. The average molecular weight is 362 g/mol. The summed E-state index contributed by atoms with van der Waals surface area (Å²) >= 11 is 6.97. The molecular weight excluding hydrogens is 352 g/mol. The highest BCUT2D eigenvalue weighted by Crippen LogP contribution is 2.17. The van der Waals surface area contributed by atoms with Crippen molar-refractivity contribution in [2.24, 2.45) is 0 Å². The Hall–Kier alpha value is -1.30. The molecule has 2 rings (SSSR count). The SMILES string of the molecule is Brc1ccccc1C#C/C=C\c1ccccc1Br. The van der Waals surface area contributed by atoms with Gasteiger partial charge in [0.1, 0.15) is 0 Å². The summed E-state index contributed by atoms with van der Waals surface area (Å²) in [7, 11) is 0. The normalized spacial score (nSPS) is 10.1. The molecule has 0 atom stereocenters. The number of hydrogen-bond acceptors (Lipinski definition) is 0. The molecule has 0 aliphatic rings. The summed E-state index contributed by atoms with van der Waals surface area (Å²) in [5.74, 6) is 6.14. The van der Waals surface area contributed by atoms with E-state index in [2.05, 4.69) is 43.7 Å². The summed E-state index contributed by atoms with van der Waals surface area (Å²) in [5, 5.41) is 0. The maximum atomic E-state index is 3.50. The van der Waals surface area contributed by atoms with Gasteiger partial charge in [0.25, 0.3) is 0 Å². The van der Waals surface area contributed by atoms with Crippen molar-refractivity contribution >= 4 is 37.9 Å². The fraction of sp³-hybridized carbons (Fsp3) is 0. The van der Waals surface area contributed by atoms with Crippen LogP contribution in [0.2, 0.25) is 0 Å². The fourth-order valence-electron chi connectivity index (χ4n) is 1.42. The van der Waals surface area contributed by atoms with Gasteiger partial charge in [0.2, 0.25) is 0 Å². The van der Waals surface area contributed by atoms with Crippen molar-refractivity contribution in [3.63, 3.8) is 0 Å². The Balaban J connectivity index is 2.14. The summed E-state index contributed by atoms with van der Waals surface area (Å²) in [4.78, 5) is 0. The monoisotopic (exact) mass is 360 g/mol.